The van der Waals surface area contributed by atoms with Gasteiger partial charge < -0.3 is 10.4 Å². The third-order valence-corrected chi connectivity index (χ3v) is 3.55. The lowest BCUT2D eigenvalue weighted by molar-refractivity contribution is -0.133. The summed E-state index contributed by atoms with van der Waals surface area (Å²) >= 11 is 0. The van der Waals surface area contributed by atoms with Gasteiger partial charge in [-0.15, -0.1) is 0 Å². The number of nitrogens with one attached hydrogen (secondary N) is 1. The number of dihydropyridines is 1. The van der Waals surface area contributed by atoms with Crippen molar-refractivity contribution in [2.75, 3.05) is 0 Å². The molecule has 1 aromatic rings. The van der Waals surface area contributed by atoms with Crippen molar-refractivity contribution in [3.05, 3.63) is 58.9 Å². The Kier molecular flexibility index (Phi) is 2.71. The van der Waals surface area contributed by atoms with Crippen molar-refractivity contribution in [3.63, 3.8) is 0 Å². The molecule has 1 heterocycles. The SMILES string of the molecule is O=C(O)C1=CC(c2ccccc2)C2=C(CCC2=O)N1. The minimum Gasteiger partial charge on any atom is -0.477 e. The maximum Gasteiger partial charge on any atom is 0.351 e. The number of ketones is 1. The molecule has 2 N–H and O–H groups in total. The van der Waals surface area contributed by atoms with Gasteiger partial charge >= 0.3 is 5.97 Å². The highest BCUT2D eigenvalue weighted by Crippen LogP contribution is 2.38. The van der Waals surface area contributed by atoms with Crippen molar-refractivity contribution >= 4 is 11.8 Å². The van der Waals surface area contributed by atoms with E-state index in [1.807, 2.05) is 30.3 Å². The molecule has 0 amide bonds. The molecule has 3 rings (SSSR count). The van der Waals surface area contributed by atoms with Crippen molar-refractivity contribution in [2.45, 2.75) is 18.8 Å². The van der Waals surface area contributed by atoms with Crippen LogP contribution in [-0.2, 0) is 9.59 Å². The van der Waals surface area contributed by atoms with E-state index in [1.54, 1.807) is 6.08 Å². The van der Waals surface area contributed by atoms with E-state index in [0.29, 0.717) is 12.8 Å². The average Bonchev–Trinajstić information content (AvgIpc) is 2.80. The maximum absolute atomic E-state index is 12.0. The Morgan fingerprint density at radius 3 is 2.63 bits per heavy atom. The van der Waals surface area contributed by atoms with Gasteiger partial charge in [-0.25, -0.2) is 4.79 Å². The average molecular weight is 255 g/mol. The van der Waals surface area contributed by atoms with Crippen LogP contribution in [0.5, 0.6) is 0 Å². The van der Waals surface area contributed by atoms with Gasteiger partial charge in [0.2, 0.25) is 0 Å². The molecule has 4 nitrogen and oxygen atoms in total. The number of aliphatic carboxylic acids is 1. The van der Waals surface area contributed by atoms with Crippen LogP contribution in [0.3, 0.4) is 0 Å². The second-order valence-corrected chi connectivity index (χ2v) is 4.71. The van der Waals surface area contributed by atoms with Crippen LogP contribution in [-0.4, -0.2) is 16.9 Å². The molecule has 1 aliphatic heterocycles. The Bertz CT molecular complexity index is 614. The fourth-order valence-corrected chi connectivity index (χ4v) is 2.67. The second-order valence-electron chi connectivity index (χ2n) is 4.71. The lowest BCUT2D eigenvalue weighted by atomic mass is 9.87. The largest absolute Gasteiger partial charge is 0.477 e. The molecule has 1 unspecified atom stereocenters. The molecule has 1 aliphatic carbocycles. The van der Waals surface area contributed by atoms with Gasteiger partial charge in [-0.3, -0.25) is 4.79 Å². The number of carboxylic acids is 1. The molecule has 2 aliphatic rings. The third-order valence-electron chi connectivity index (χ3n) is 3.55. The van der Waals surface area contributed by atoms with E-state index in [2.05, 4.69) is 5.32 Å². The fourth-order valence-electron chi connectivity index (χ4n) is 2.67. The lowest BCUT2D eigenvalue weighted by Crippen LogP contribution is -2.26. The quantitative estimate of drug-likeness (QED) is 0.847. The van der Waals surface area contributed by atoms with Crippen LogP contribution in [0.25, 0.3) is 0 Å². The van der Waals surface area contributed by atoms with Crippen molar-refractivity contribution in [1.29, 1.82) is 0 Å². The first-order valence-electron chi connectivity index (χ1n) is 6.20. The van der Waals surface area contributed by atoms with E-state index in [-0.39, 0.29) is 17.4 Å². The van der Waals surface area contributed by atoms with Crippen LogP contribution in [0, 0.1) is 0 Å². The highest BCUT2D eigenvalue weighted by molar-refractivity contribution is 6.02. The van der Waals surface area contributed by atoms with Gasteiger partial charge in [0.25, 0.3) is 0 Å². The highest BCUT2D eigenvalue weighted by atomic mass is 16.4. The summed E-state index contributed by atoms with van der Waals surface area (Å²) in [7, 11) is 0. The molecule has 96 valence electrons. The van der Waals surface area contributed by atoms with Gasteiger partial charge in [-0.1, -0.05) is 30.3 Å². The first kappa shape index (κ1) is 11.7. The van der Waals surface area contributed by atoms with Crippen LogP contribution < -0.4 is 5.32 Å². The first-order valence-corrected chi connectivity index (χ1v) is 6.20. The van der Waals surface area contributed by atoms with E-state index in [4.69, 9.17) is 5.11 Å². The number of hydrogen-bond donors (Lipinski definition) is 2. The summed E-state index contributed by atoms with van der Waals surface area (Å²) in [6.45, 7) is 0. The third kappa shape index (κ3) is 1.95. The molecule has 1 aromatic carbocycles. The summed E-state index contributed by atoms with van der Waals surface area (Å²) in [6, 6.07) is 9.53. The zero-order valence-corrected chi connectivity index (χ0v) is 10.2. The van der Waals surface area contributed by atoms with Crippen molar-refractivity contribution in [3.8, 4) is 0 Å². The molecule has 0 bridgehead atoms. The fraction of sp³-hybridized carbons (Fsp3) is 0.200. The van der Waals surface area contributed by atoms with Crippen molar-refractivity contribution < 1.29 is 14.7 Å². The normalized spacial score (nSPS) is 21.8. The van der Waals surface area contributed by atoms with Crippen LogP contribution in [0.15, 0.2) is 53.4 Å². The maximum atomic E-state index is 12.0. The Labute approximate surface area is 110 Å². The number of carbonyl (C=O) groups excluding carboxylic acids is 1. The molecule has 0 fully saturated rings. The minimum absolute atomic E-state index is 0.108. The lowest BCUT2D eigenvalue weighted by Gasteiger charge is -2.23. The van der Waals surface area contributed by atoms with Crippen LogP contribution in [0.1, 0.15) is 24.3 Å². The van der Waals surface area contributed by atoms with Gasteiger partial charge in [0.1, 0.15) is 5.70 Å². The first-order chi connectivity index (χ1) is 9.16. The summed E-state index contributed by atoms with van der Waals surface area (Å²) in [6.07, 6.45) is 2.68. The van der Waals surface area contributed by atoms with Crippen LogP contribution in [0.4, 0.5) is 0 Å². The van der Waals surface area contributed by atoms with Crippen molar-refractivity contribution in [1.82, 2.24) is 5.32 Å². The number of hydrogen-bond acceptors (Lipinski definition) is 3. The predicted molar refractivity (Wildman–Crippen MR) is 69.3 cm³/mol. The Hall–Kier alpha value is -2.36. The highest BCUT2D eigenvalue weighted by Gasteiger charge is 2.34. The molecular formula is C15H13NO3. The van der Waals surface area contributed by atoms with E-state index in [1.165, 1.54) is 0 Å². The summed E-state index contributed by atoms with van der Waals surface area (Å²) in [5.74, 6) is -1.14. The number of benzene rings is 1. The summed E-state index contributed by atoms with van der Waals surface area (Å²) < 4.78 is 0. The van der Waals surface area contributed by atoms with Gasteiger partial charge in [0, 0.05) is 23.6 Å². The Morgan fingerprint density at radius 1 is 1.21 bits per heavy atom. The van der Waals surface area contributed by atoms with E-state index in [0.717, 1.165) is 16.8 Å². The van der Waals surface area contributed by atoms with Crippen LogP contribution in [0.2, 0.25) is 0 Å². The van der Waals surface area contributed by atoms with E-state index >= 15 is 0 Å². The number of rotatable bonds is 2. The molecular weight excluding hydrogens is 242 g/mol. The minimum atomic E-state index is -0.994. The number of Topliss-reactive ketones (excluding diaryl/α,β-unsaturated/α-hetero) is 1. The number of carboxylic acid groups (broad SMARTS) is 1. The summed E-state index contributed by atoms with van der Waals surface area (Å²) in [4.78, 5) is 23.2. The van der Waals surface area contributed by atoms with E-state index in [9.17, 15) is 9.59 Å². The zero-order chi connectivity index (χ0) is 13.4. The Balaban J connectivity index is 2.09. The molecule has 0 aromatic heterocycles. The predicted octanol–water partition coefficient (Wildman–Crippen LogP) is 1.96. The number of carbonyl (C=O) groups is 2. The topological polar surface area (TPSA) is 66.4 Å². The summed E-state index contributed by atoms with van der Waals surface area (Å²) in [5, 5.41) is 12.0. The molecule has 1 atom stereocenters. The van der Waals surface area contributed by atoms with Gasteiger partial charge in [-0.2, -0.15) is 0 Å². The monoisotopic (exact) mass is 255 g/mol. The molecule has 4 heteroatoms. The summed E-state index contributed by atoms with van der Waals surface area (Å²) in [5.41, 5.74) is 2.59. The molecule has 19 heavy (non-hydrogen) atoms. The van der Waals surface area contributed by atoms with Gasteiger partial charge in [0.15, 0.2) is 5.78 Å². The van der Waals surface area contributed by atoms with E-state index < -0.39 is 5.97 Å². The molecule has 0 saturated carbocycles. The molecule has 0 saturated heterocycles. The van der Waals surface area contributed by atoms with Gasteiger partial charge in [-0.05, 0) is 18.1 Å². The standard InChI is InChI=1S/C15H13NO3/c17-13-7-6-11-14(13)10(8-12(16-11)15(18)19)9-4-2-1-3-5-9/h1-5,8,10,16H,6-7H2,(H,18,19). The number of allylic oxidation sites excluding steroid dienone is 3. The van der Waals surface area contributed by atoms with Crippen molar-refractivity contribution in [2.24, 2.45) is 0 Å². The van der Waals surface area contributed by atoms with Gasteiger partial charge in [0.05, 0.1) is 0 Å². The second kappa shape index (κ2) is 4.39. The smallest absolute Gasteiger partial charge is 0.351 e. The zero-order valence-electron chi connectivity index (χ0n) is 10.2. The Morgan fingerprint density at radius 2 is 1.95 bits per heavy atom. The molecule has 0 radical (unpaired) electrons. The van der Waals surface area contributed by atoms with Crippen LogP contribution >= 0.6 is 0 Å². The molecule has 0 spiro atoms.